The zero-order valence-corrected chi connectivity index (χ0v) is 9.13. The van der Waals surface area contributed by atoms with Crippen molar-refractivity contribution in [1.82, 2.24) is 0 Å². The van der Waals surface area contributed by atoms with Gasteiger partial charge in [0.1, 0.15) is 0 Å². The van der Waals surface area contributed by atoms with Gasteiger partial charge in [-0.25, -0.2) is 0 Å². The van der Waals surface area contributed by atoms with Crippen molar-refractivity contribution in [2.75, 3.05) is 6.54 Å². The van der Waals surface area contributed by atoms with Gasteiger partial charge in [-0.05, 0) is 48.9 Å². The quantitative estimate of drug-likeness (QED) is 0.845. The molecular weight excluding hydrogens is 226 g/mol. The maximum absolute atomic E-state index is 5.59. The third-order valence-corrected chi connectivity index (χ3v) is 3.44. The van der Waals surface area contributed by atoms with Crippen molar-refractivity contribution in [3.05, 3.63) is 34.3 Å². The molecular formula is C11H14BrN. The van der Waals surface area contributed by atoms with Crippen molar-refractivity contribution in [3.8, 4) is 0 Å². The molecule has 13 heavy (non-hydrogen) atoms. The van der Waals surface area contributed by atoms with Crippen LogP contribution in [0, 0.1) is 5.92 Å². The first-order valence-corrected chi connectivity index (χ1v) is 5.54. The zero-order valence-electron chi connectivity index (χ0n) is 7.54. The molecule has 1 saturated carbocycles. The van der Waals surface area contributed by atoms with Crippen LogP contribution in [0.3, 0.4) is 0 Å². The van der Waals surface area contributed by atoms with Crippen LogP contribution in [0.4, 0.5) is 0 Å². The lowest BCUT2D eigenvalue weighted by Gasteiger charge is -2.34. The molecule has 0 heterocycles. The number of halogens is 1. The molecule has 0 saturated heterocycles. The van der Waals surface area contributed by atoms with Crippen molar-refractivity contribution >= 4 is 15.9 Å². The first kappa shape index (κ1) is 9.22. The summed E-state index contributed by atoms with van der Waals surface area (Å²) in [5.41, 5.74) is 7.06. The lowest BCUT2D eigenvalue weighted by atomic mass is 9.71. The second kappa shape index (κ2) is 3.81. The SMILES string of the molecule is NCC1CC(c2ccc(Br)cc2)C1. The van der Waals surface area contributed by atoms with Gasteiger partial charge in [0.25, 0.3) is 0 Å². The van der Waals surface area contributed by atoms with Crippen LogP contribution in [0.1, 0.15) is 24.3 Å². The van der Waals surface area contributed by atoms with Gasteiger partial charge in [-0.3, -0.25) is 0 Å². The number of hydrogen-bond donors (Lipinski definition) is 1. The molecule has 0 spiro atoms. The lowest BCUT2D eigenvalue weighted by molar-refractivity contribution is 0.272. The smallest absolute Gasteiger partial charge is 0.0175 e. The maximum atomic E-state index is 5.59. The first-order valence-electron chi connectivity index (χ1n) is 4.75. The van der Waals surface area contributed by atoms with Crippen LogP contribution in [0.2, 0.25) is 0 Å². The maximum Gasteiger partial charge on any atom is 0.0175 e. The van der Waals surface area contributed by atoms with E-state index in [0.29, 0.717) is 0 Å². The third kappa shape index (κ3) is 1.94. The second-order valence-electron chi connectivity index (χ2n) is 3.82. The number of nitrogens with two attached hydrogens (primary N) is 1. The van der Waals surface area contributed by atoms with E-state index < -0.39 is 0 Å². The average Bonchev–Trinajstić information content (AvgIpc) is 2.06. The molecule has 1 aromatic rings. The molecule has 2 rings (SSSR count). The molecule has 1 aliphatic rings. The van der Waals surface area contributed by atoms with E-state index in [-0.39, 0.29) is 0 Å². The van der Waals surface area contributed by atoms with Gasteiger partial charge in [-0.15, -0.1) is 0 Å². The zero-order chi connectivity index (χ0) is 9.26. The Morgan fingerprint density at radius 2 is 1.85 bits per heavy atom. The molecule has 0 atom stereocenters. The summed E-state index contributed by atoms with van der Waals surface area (Å²) in [6.45, 7) is 0.854. The van der Waals surface area contributed by atoms with Gasteiger partial charge >= 0.3 is 0 Å². The fourth-order valence-electron chi connectivity index (χ4n) is 1.94. The van der Waals surface area contributed by atoms with Crippen LogP contribution in [0.15, 0.2) is 28.7 Å². The standard InChI is InChI=1S/C11H14BrN/c12-11-3-1-9(2-4-11)10-5-8(6-10)7-13/h1-4,8,10H,5-7,13H2. The molecule has 2 heteroatoms. The fourth-order valence-corrected chi connectivity index (χ4v) is 2.20. The van der Waals surface area contributed by atoms with Crippen molar-refractivity contribution in [3.63, 3.8) is 0 Å². The summed E-state index contributed by atoms with van der Waals surface area (Å²) in [5, 5.41) is 0. The van der Waals surface area contributed by atoms with Gasteiger partial charge in [-0.2, -0.15) is 0 Å². The minimum atomic E-state index is 0.765. The summed E-state index contributed by atoms with van der Waals surface area (Å²) < 4.78 is 1.16. The molecule has 70 valence electrons. The monoisotopic (exact) mass is 239 g/mol. The highest BCUT2D eigenvalue weighted by Gasteiger charge is 2.28. The molecule has 0 aromatic heterocycles. The summed E-state index contributed by atoms with van der Waals surface area (Å²) in [6, 6.07) is 8.65. The van der Waals surface area contributed by atoms with Gasteiger partial charge < -0.3 is 5.73 Å². The molecule has 0 unspecified atom stereocenters. The highest BCUT2D eigenvalue weighted by Crippen LogP contribution is 2.40. The van der Waals surface area contributed by atoms with E-state index >= 15 is 0 Å². The molecule has 1 fully saturated rings. The van der Waals surface area contributed by atoms with Gasteiger partial charge in [0.2, 0.25) is 0 Å². The van der Waals surface area contributed by atoms with Crippen LogP contribution in [0.5, 0.6) is 0 Å². The summed E-state index contributed by atoms with van der Waals surface area (Å²) in [4.78, 5) is 0. The summed E-state index contributed by atoms with van der Waals surface area (Å²) in [6.07, 6.45) is 2.55. The minimum absolute atomic E-state index is 0.765. The van der Waals surface area contributed by atoms with E-state index in [2.05, 4.69) is 40.2 Å². The summed E-state index contributed by atoms with van der Waals surface area (Å²) in [7, 11) is 0. The fraction of sp³-hybridized carbons (Fsp3) is 0.455. The van der Waals surface area contributed by atoms with Gasteiger partial charge in [0.05, 0.1) is 0 Å². The third-order valence-electron chi connectivity index (χ3n) is 2.91. The van der Waals surface area contributed by atoms with Crippen molar-refractivity contribution in [2.24, 2.45) is 11.7 Å². The topological polar surface area (TPSA) is 26.0 Å². The van der Waals surface area contributed by atoms with Crippen molar-refractivity contribution in [2.45, 2.75) is 18.8 Å². The van der Waals surface area contributed by atoms with E-state index in [1.165, 1.54) is 18.4 Å². The van der Waals surface area contributed by atoms with Gasteiger partial charge in [0, 0.05) is 4.47 Å². The number of hydrogen-bond acceptors (Lipinski definition) is 1. The Balaban J connectivity index is 1.99. The molecule has 0 bridgehead atoms. The Labute approximate surface area is 87.5 Å². The summed E-state index contributed by atoms with van der Waals surface area (Å²) >= 11 is 3.44. The van der Waals surface area contributed by atoms with E-state index in [4.69, 9.17) is 5.73 Å². The van der Waals surface area contributed by atoms with E-state index in [0.717, 1.165) is 22.9 Å². The molecule has 0 amide bonds. The number of benzene rings is 1. The van der Waals surface area contributed by atoms with E-state index in [9.17, 15) is 0 Å². The first-order chi connectivity index (χ1) is 6.29. The van der Waals surface area contributed by atoms with Crippen molar-refractivity contribution < 1.29 is 0 Å². The second-order valence-corrected chi connectivity index (χ2v) is 4.74. The molecule has 0 aliphatic heterocycles. The van der Waals surface area contributed by atoms with E-state index in [1.54, 1.807) is 0 Å². The predicted octanol–water partition coefficient (Wildman–Crippen LogP) is 2.90. The largest absolute Gasteiger partial charge is 0.330 e. The molecule has 1 aliphatic carbocycles. The highest BCUT2D eigenvalue weighted by molar-refractivity contribution is 9.10. The molecule has 0 radical (unpaired) electrons. The Hall–Kier alpha value is -0.340. The normalized spacial score (nSPS) is 26.9. The van der Waals surface area contributed by atoms with Crippen LogP contribution in [0.25, 0.3) is 0 Å². The van der Waals surface area contributed by atoms with Crippen molar-refractivity contribution in [1.29, 1.82) is 0 Å². The van der Waals surface area contributed by atoms with Crippen LogP contribution >= 0.6 is 15.9 Å². The van der Waals surface area contributed by atoms with E-state index in [1.807, 2.05) is 0 Å². The highest BCUT2D eigenvalue weighted by atomic mass is 79.9. The minimum Gasteiger partial charge on any atom is -0.330 e. The van der Waals surface area contributed by atoms with Crippen LogP contribution < -0.4 is 5.73 Å². The summed E-state index contributed by atoms with van der Waals surface area (Å²) in [5.74, 6) is 1.54. The average molecular weight is 240 g/mol. The molecule has 2 N–H and O–H groups in total. The predicted molar refractivity (Wildman–Crippen MR) is 58.7 cm³/mol. The van der Waals surface area contributed by atoms with Crippen LogP contribution in [-0.2, 0) is 0 Å². The Kier molecular flexibility index (Phi) is 2.70. The van der Waals surface area contributed by atoms with Gasteiger partial charge in [0.15, 0.2) is 0 Å². The Morgan fingerprint density at radius 1 is 1.23 bits per heavy atom. The van der Waals surface area contributed by atoms with Crippen LogP contribution in [-0.4, -0.2) is 6.54 Å². The van der Waals surface area contributed by atoms with Gasteiger partial charge in [-0.1, -0.05) is 28.1 Å². The molecule has 1 aromatic carbocycles. The molecule has 1 nitrogen and oxygen atoms in total. The lowest BCUT2D eigenvalue weighted by Crippen LogP contribution is -2.28. The Bertz CT molecular complexity index is 275. The number of rotatable bonds is 2. The Morgan fingerprint density at radius 3 is 2.38 bits per heavy atom.